The second-order valence-corrected chi connectivity index (χ2v) is 9.90. The highest BCUT2D eigenvalue weighted by Gasteiger charge is 2.16. The van der Waals surface area contributed by atoms with Gasteiger partial charge < -0.3 is 8.98 Å². The zero-order chi connectivity index (χ0) is 24.6. The summed E-state index contributed by atoms with van der Waals surface area (Å²) in [5, 5.41) is 4.61. The third-order valence-electron chi connectivity index (χ3n) is 7.37. The van der Waals surface area contributed by atoms with Crippen molar-refractivity contribution in [3.63, 3.8) is 0 Å². The lowest BCUT2D eigenvalue weighted by atomic mass is 9.92. The topological polar surface area (TPSA) is 18.1 Å². The molecule has 0 unspecified atom stereocenters. The molecule has 2 nitrogen and oxygen atoms in total. The maximum Gasteiger partial charge on any atom is 0.135 e. The molecule has 0 aliphatic heterocycles. The number of rotatable bonds is 2. The van der Waals surface area contributed by atoms with Crippen LogP contribution in [-0.4, -0.2) is 12.4 Å². The summed E-state index contributed by atoms with van der Waals surface area (Å²) in [5.74, 6) is 0. The number of aryl methyl sites for hydroxylation is 3. The van der Waals surface area contributed by atoms with E-state index < -0.39 is 0 Å². The van der Waals surface area contributed by atoms with Gasteiger partial charge in [-0.15, -0.1) is 0 Å². The van der Waals surface area contributed by atoms with Crippen LogP contribution in [0.25, 0.3) is 60.6 Å². The Morgan fingerprint density at radius 3 is 2.11 bits per heavy atom. The summed E-state index contributed by atoms with van der Waals surface area (Å²) >= 11 is 0. The summed E-state index contributed by atoms with van der Waals surface area (Å²) in [4.78, 5) is 0. The molecule has 170 valence electrons. The zero-order valence-corrected chi connectivity index (χ0v) is 20.6. The van der Waals surface area contributed by atoms with Gasteiger partial charge in [0.25, 0.3) is 0 Å². The van der Waals surface area contributed by atoms with E-state index in [1.807, 2.05) is 18.2 Å². The van der Waals surface area contributed by atoms with Crippen LogP contribution >= 0.6 is 0 Å². The molecule has 0 atom stereocenters. The van der Waals surface area contributed by atoms with E-state index >= 15 is 0 Å². The molecule has 7 aromatic rings. The Hall–Kier alpha value is -4.24. The molecular weight excluding hydrogens is 437 g/mol. The van der Waals surface area contributed by atoms with Crippen molar-refractivity contribution < 1.29 is 4.42 Å². The van der Waals surface area contributed by atoms with E-state index in [2.05, 4.69) is 98.1 Å². The van der Waals surface area contributed by atoms with Gasteiger partial charge in [0.1, 0.15) is 19.0 Å². The first-order valence-corrected chi connectivity index (χ1v) is 12.3. The van der Waals surface area contributed by atoms with Gasteiger partial charge in [-0.2, -0.15) is 0 Å². The molecule has 0 saturated heterocycles. The number of aromatic nitrogens is 1. The number of benzene rings is 5. The molecule has 7 rings (SSSR count). The highest BCUT2D eigenvalue weighted by molar-refractivity contribution is 6.34. The molecule has 2 radical (unpaired) electrons. The Morgan fingerprint density at radius 1 is 0.611 bits per heavy atom. The van der Waals surface area contributed by atoms with Gasteiger partial charge in [-0.3, -0.25) is 0 Å². The molecular formula is C33H24BNO. The minimum Gasteiger partial charge on any atom is -0.456 e. The van der Waals surface area contributed by atoms with Gasteiger partial charge in [-0.25, -0.2) is 0 Å². The molecule has 0 amide bonds. The first-order chi connectivity index (χ1) is 17.5. The minimum absolute atomic E-state index is 0.769. The van der Waals surface area contributed by atoms with Crippen LogP contribution in [0.1, 0.15) is 16.7 Å². The molecule has 0 bridgehead atoms. The number of fused-ring (bicyclic) bond motifs is 6. The molecule has 0 N–H and O–H groups in total. The van der Waals surface area contributed by atoms with Crippen molar-refractivity contribution in [2.75, 3.05) is 0 Å². The average molecular weight is 461 g/mol. The zero-order valence-electron chi connectivity index (χ0n) is 20.6. The summed E-state index contributed by atoms with van der Waals surface area (Å²) in [7, 11) is 6.28. The highest BCUT2D eigenvalue weighted by Crippen LogP contribution is 2.38. The van der Waals surface area contributed by atoms with Crippen molar-refractivity contribution in [1.29, 1.82) is 0 Å². The molecule has 0 saturated carbocycles. The Morgan fingerprint density at radius 2 is 1.31 bits per heavy atom. The average Bonchev–Trinajstić information content (AvgIpc) is 3.38. The molecule has 0 spiro atoms. The number of para-hydroxylation sites is 1. The van der Waals surface area contributed by atoms with Crippen molar-refractivity contribution in [3.8, 4) is 16.8 Å². The van der Waals surface area contributed by atoms with E-state index in [1.165, 1.54) is 33.2 Å². The standard InChI is InChI=1S/C33H24BNO/c1-19-14-20(2)33(21(3)15-19)22-8-11-29-26(16-22)27-17-23(34)9-12-30(27)35(29)24-10-13-32-28(18-24)25-6-4-5-7-31(25)36-32/h4-18H,1-3H3. The summed E-state index contributed by atoms with van der Waals surface area (Å²) in [5.41, 5.74) is 12.4. The second-order valence-electron chi connectivity index (χ2n) is 9.90. The molecule has 0 fully saturated rings. The van der Waals surface area contributed by atoms with Gasteiger partial charge in [0, 0.05) is 27.2 Å². The Labute approximate surface area is 211 Å². The number of nitrogens with zero attached hydrogens (tertiary/aromatic N) is 1. The molecule has 2 heterocycles. The highest BCUT2D eigenvalue weighted by atomic mass is 16.3. The van der Waals surface area contributed by atoms with E-state index in [-0.39, 0.29) is 0 Å². The minimum atomic E-state index is 0.769. The normalized spacial score (nSPS) is 11.9. The van der Waals surface area contributed by atoms with Crippen LogP contribution in [0.2, 0.25) is 0 Å². The van der Waals surface area contributed by atoms with Crippen LogP contribution in [0.15, 0.2) is 95.4 Å². The summed E-state index contributed by atoms with van der Waals surface area (Å²) in [6.45, 7) is 6.56. The Bertz CT molecular complexity index is 1970. The molecule has 0 aliphatic carbocycles. The van der Waals surface area contributed by atoms with Crippen molar-refractivity contribution in [2.24, 2.45) is 0 Å². The maximum absolute atomic E-state index is 6.28. The summed E-state index contributed by atoms with van der Waals surface area (Å²) < 4.78 is 8.42. The quantitative estimate of drug-likeness (QED) is 0.238. The van der Waals surface area contributed by atoms with Crippen LogP contribution < -0.4 is 5.46 Å². The van der Waals surface area contributed by atoms with Crippen LogP contribution in [-0.2, 0) is 0 Å². The largest absolute Gasteiger partial charge is 0.456 e. The van der Waals surface area contributed by atoms with Gasteiger partial charge in [-0.05, 0) is 85.5 Å². The third kappa shape index (κ3) is 3.06. The van der Waals surface area contributed by atoms with Gasteiger partial charge in [-0.1, -0.05) is 59.6 Å². The lowest BCUT2D eigenvalue weighted by Gasteiger charge is -2.13. The van der Waals surface area contributed by atoms with Gasteiger partial charge in [0.2, 0.25) is 0 Å². The van der Waals surface area contributed by atoms with E-state index in [4.69, 9.17) is 12.3 Å². The molecule has 5 aromatic carbocycles. The van der Waals surface area contributed by atoms with E-state index in [1.54, 1.807) is 0 Å². The number of hydrogen-bond donors (Lipinski definition) is 0. The lowest BCUT2D eigenvalue weighted by molar-refractivity contribution is 0.669. The number of furan rings is 1. The Kier molecular flexibility index (Phi) is 4.47. The summed E-state index contributed by atoms with van der Waals surface area (Å²) in [6.07, 6.45) is 0. The van der Waals surface area contributed by atoms with Gasteiger partial charge >= 0.3 is 0 Å². The lowest BCUT2D eigenvalue weighted by Crippen LogP contribution is -2.00. The van der Waals surface area contributed by atoms with Gasteiger partial charge in [0.15, 0.2) is 0 Å². The van der Waals surface area contributed by atoms with Crippen LogP contribution in [0.3, 0.4) is 0 Å². The number of hydrogen-bond acceptors (Lipinski definition) is 1. The molecule has 3 heteroatoms. The monoisotopic (exact) mass is 461 g/mol. The second kappa shape index (κ2) is 7.63. The van der Waals surface area contributed by atoms with Crippen molar-refractivity contribution in [1.82, 2.24) is 4.57 Å². The fourth-order valence-electron chi connectivity index (χ4n) is 5.96. The van der Waals surface area contributed by atoms with Crippen LogP contribution in [0, 0.1) is 20.8 Å². The first-order valence-electron chi connectivity index (χ1n) is 12.3. The van der Waals surface area contributed by atoms with Crippen molar-refractivity contribution in [3.05, 3.63) is 108 Å². The van der Waals surface area contributed by atoms with Crippen molar-refractivity contribution >= 4 is 57.1 Å². The van der Waals surface area contributed by atoms with Gasteiger partial charge in [0.05, 0.1) is 11.0 Å². The Balaban J connectivity index is 1.53. The van der Waals surface area contributed by atoms with Crippen LogP contribution in [0.5, 0.6) is 0 Å². The van der Waals surface area contributed by atoms with Crippen LogP contribution in [0.4, 0.5) is 0 Å². The predicted molar refractivity (Wildman–Crippen MR) is 153 cm³/mol. The fraction of sp³-hybridized carbons (Fsp3) is 0.0909. The van der Waals surface area contributed by atoms with E-state index in [0.717, 1.165) is 49.5 Å². The van der Waals surface area contributed by atoms with Crippen molar-refractivity contribution in [2.45, 2.75) is 20.8 Å². The predicted octanol–water partition coefficient (Wildman–Crippen LogP) is 8.07. The first kappa shape index (κ1) is 21.1. The fourth-order valence-corrected chi connectivity index (χ4v) is 5.96. The maximum atomic E-state index is 6.28. The van der Waals surface area contributed by atoms with E-state index in [0.29, 0.717) is 0 Å². The SMILES string of the molecule is [B]c1ccc2c(c1)c1cc(-c3c(C)cc(C)cc3C)ccc1n2-c1ccc2oc3ccccc3c2c1. The third-order valence-corrected chi connectivity index (χ3v) is 7.37. The summed E-state index contributed by atoms with van der Waals surface area (Å²) in [6, 6.07) is 32.2. The molecule has 2 aromatic heterocycles. The van der Waals surface area contributed by atoms with E-state index in [9.17, 15) is 0 Å². The molecule has 0 aliphatic rings. The smallest absolute Gasteiger partial charge is 0.135 e. The molecule has 36 heavy (non-hydrogen) atoms.